The van der Waals surface area contributed by atoms with Crippen molar-refractivity contribution < 1.29 is 19.7 Å². The molecule has 0 saturated carbocycles. The predicted octanol–water partition coefficient (Wildman–Crippen LogP) is 6.69. The van der Waals surface area contributed by atoms with Crippen molar-refractivity contribution in [2.45, 2.75) is 51.5 Å². The number of hydrogen-bond donors (Lipinski definition) is 2. The summed E-state index contributed by atoms with van der Waals surface area (Å²) >= 11 is 12.2. The molecule has 0 aliphatic rings. The number of carbonyl (C=O) groups is 1. The number of benzene rings is 2. The Balaban J connectivity index is 2.14. The molecule has 2 aromatic carbocycles. The summed E-state index contributed by atoms with van der Waals surface area (Å²) in [5.74, 6) is 0.358. The van der Waals surface area contributed by atoms with Crippen molar-refractivity contribution >= 4 is 29.3 Å². The highest BCUT2D eigenvalue weighted by molar-refractivity contribution is 6.30. The number of carboxylic acid groups (broad SMARTS) is 1. The summed E-state index contributed by atoms with van der Waals surface area (Å²) in [6.45, 7) is 7.22. The van der Waals surface area contributed by atoms with Crippen LogP contribution in [0.3, 0.4) is 0 Å². The fourth-order valence-electron chi connectivity index (χ4n) is 4.16. The van der Waals surface area contributed by atoms with Crippen LogP contribution in [0.1, 0.15) is 50.5 Å². The van der Waals surface area contributed by atoms with Gasteiger partial charge < -0.3 is 14.9 Å². The average Bonchev–Trinajstić information content (AvgIpc) is 2.77. The summed E-state index contributed by atoms with van der Waals surface area (Å²) in [7, 11) is 0. The fourth-order valence-corrected chi connectivity index (χ4v) is 4.44. The first-order chi connectivity index (χ1) is 15.9. The van der Waals surface area contributed by atoms with E-state index in [2.05, 4.69) is 4.98 Å². The maximum absolute atomic E-state index is 12.5. The van der Waals surface area contributed by atoms with E-state index in [9.17, 15) is 15.0 Å². The van der Waals surface area contributed by atoms with E-state index in [1.165, 1.54) is 11.1 Å². The van der Waals surface area contributed by atoms with Crippen LogP contribution in [-0.4, -0.2) is 31.7 Å². The molecule has 0 aliphatic carbocycles. The molecule has 1 aromatic heterocycles. The van der Waals surface area contributed by atoms with Crippen molar-refractivity contribution in [2.24, 2.45) is 0 Å². The molecule has 2 atom stereocenters. The van der Waals surface area contributed by atoms with Crippen molar-refractivity contribution in [1.29, 1.82) is 0 Å². The lowest BCUT2D eigenvalue weighted by molar-refractivity contribution is -0.0575. The number of aromatic nitrogens is 1. The number of rotatable bonds is 7. The Morgan fingerprint density at radius 3 is 2.29 bits per heavy atom. The van der Waals surface area contributed by atoms with Crippen molar-refractivity contribution in [2.75, 3.05) is 0 Å². The van der Waals surface area contributed by atoms with Crippen LogP contribution < -0.4 is 4.74 Å². The van der Waals surface area contributed by atoms with Gasteiger partial charge in [0, 0.05) is 22.3 Å². The maximum Gasteiger partial charge on any atom is 0.408 e. The van der Waals surface area contributed by atoms with Crippen molar-refractivity contribution in [3.05, 3.63) is 93.7 Å². The molecule has 1 heterocycles. The summed E-state index contributed by atoms with van der Waals surface area (Å²) in [5, 5.41) is 22.8. The highest BCUT2D eigenvalue weighted by Gasteiger charge is 2.49. The number of amides is 1. The van der Waals surface area contributed by atoms with Crippen LogP contribution in [0.15, 0.2) is 66.9 Å². The molecular formula is C26H28Cl2N2O4. The maximum atomic E-state index is 12.5. The van der Waals surface area contributed by atoms with E-state index in [4.69, 9.17) is 27.9 Å². The first-order valence-corrected chi connectivity index (χ1v) is 11.5. The van der Waals surface area contributed by atoms with E-state index in [1.807, 2.05) is 30.3 Å². The zero-order valence-corrected chi connectivity index (χ0v) is 21.0. The van der Waals surface area contributed by atoms with Crippen LogP contribution >= 0.6 is 23.2 Å². The SMILES string of the molecule is CC(C)(C)N(C(=O)O)C(C)(c1ccc(Cl)nc1)C(O)c1ccc(Cl)cc1OCc1ccccc1. The van der Waals surface area contributed by atoms with Gasteiger partial charge in [-0.05, 0) is 57.0 Å². The summed E-state index contributed by atoms with van der Waals surface area (Å²) in [6.07, 6.45) is -1.04. The second kappa shape index (κ2) is 10.2. The van der Waals surface area contributed by atoms with Gasteiger partial charge >= 0.3 is 6.09 Å². The van der Waals surface area contributed by atoms with Gasteiger partial charge in [0.05, 0.1) is 0 Å². The molecule has 0 radical (unpaired) electrons. The molecule has 180 valence electrons. The molecule has 0 saturated heterocycles. The molecule has 3 aromatic rings. The second-order valence-electron chi connectivity index (χ2n) is 9.16. The third kappa shape index (κ3) is 5.46. The second-order valence-corrected chi connectivity index (χ2v) is 9.99. The van der Waals surface area contributed by atoms with Gasteiger partial charge in [-0.25, -0.2) is 9.78 Å². The minimum absolute atomic E-state index is 0.252. The fraction of sp³-hybridized carbons (Fsp3) is 0.308. The quantitative estimate of drug-likeness (QED) is 0.351. The lowest BCUT2D eigenvalue weighted by atomic mass is 9.79. The van der Waals surface area contributed by atoms with Crippen molar-refractivity contribution in [1.82, 2.24) is 9.88 Å². The first-order valence-electron chi connectivity index (χ1n) is 10.7. The highest BCUT2D eigenvalue weighted by atomic mass is 35.5. The zero-order valence-electron chi connectivity index (χ0n) is 19.5. The minimum Gasteiger partial charge on any atom is -0.488 e. The molecule has 2 N–H and O–H groups in total. The van der Waals surface area contributed by atoms with Crippen LogP contribution in [0, 0.1) is 0 Å². The van der Waals surface area contributed by atoms with Gasteiger partial charge in [0.1, 0.15) is 29.2 Å². The Morgan fingerprint density at radius 1 is 1.06 bits per heavy atom. The number of ether oxygens (including phenoxy) is 1. The van der Waals surface area contributed by atoms with Gasteiger partial charge in [0.15, 0.2) is 0 Å². The number of aliphatic hydroxyl groups is 1. The minimum atomic E-state index is -1.44. The molecular weight excluding hydrogens is 475 g/mol. The van der Waals surface area contributed by atoms with E-state index < -0.39 is 23.3 Å². The highest BCUT2D eigenvalue weighted by Crippen LogP contribution is 2.46. The van der Waals surface area contributed by atoms with Crippen LogP contribution in [0.5, 0.6) is 5.75 Å². The Morgan fingerprint density at radius 2 is 1.74 bits per heavy atom. The smallest absolute Gasteiger partial charge is 0.408 e. The number of pyridine rings is 1. The Bertz CT molecular complexity index is 1130. The monoisotopic (exact) mass is 502 g/mol. The van der Waals surface area contributed by atoms with Crippen LogP contribution in [0.25, 0.3) is 0 Å². The molecule has 2 unspecified atom stereocenters. The van der Waals surface area contributed by atoms with Crippen molar-refractivity contribution in [3.63, 3.8) is 0 Å². The molecule has 6 nitrogen and oxygen atoms in total. The molecule has 3 rings (SSSR count). The summed E-state index contributed by atoms with van der Waals surface area (Å²) in [6, 6.07) is 17.7. The van der Waals surface area contributed by atoms with Gasteiger partial charge in [-0.1, -0.05) is 65.7 Å². The zero-order chi connectivity index (χ0) is 25.1. The van der Waals surface area contributed by atoms with Crippen molar-refractivity contribution in [3.8, 4) is 5.75 Å². The first kappa shape index (κ1) is 25.8. The molecule has 8 heteroatoms. The normalized spacial score (nSPS) is 14.2. The van der Waals surface area contributed by atoms with Gasteiger partial charge in [-0.15, -0.1) is 0 Å². The average molecular weight is 503 g/mol. The molecule has 0 fully saturated rings. The van der Waals surface area contributed by atoms with E-state index >= 15 is 0 Å². The van der Waals surface area contributed by atoms with Gasteiger partial charge in [-0.2, -0.15) is 0 Å². The van der Waals surface area contributed by atoms with E-state index in [0.29, 0.717) is 21.9 Å². The standard InChI is InChI=1S/C26H28Cl2N2O4/c1-25(2,3)30(24(32)33)26(4,18-10-13-22(28)29-15-18)23(31)20-12-11-19(27)14-21(20)34-16-17-8-6-5-7-9-17/h5-15,23,31H,16H2,1-4H3,(H,32,33). The van der Waals surface area contributed by atoms with E-state index in [0.717, 1.165) is 5.56 Å². The van der Waals surface area contributed by atoms with E-state index in [1.54, 1.807) is 58.0 Å². The third-order valence-corrected chi connectivity index (χ3v) is 6.14. The van der Waals surface area contributed by atoms with Crippen LogP contribution in [0.4, 0.5) is 4.79 Å². The van der Waals surface area contributed by atoms with Gasteiger partial charge in [0.2, 0.25) is 0 Å². The van der Waals surface area contributed by atoms with Crippen LogP contribution in [-0.2, 0) is 12.1 Å². The topological polar surface area (TPSA) is 82.9 Å². The molecule has 0 spiro atoms. The number of hydrogen-bond acceptors (Lipinski definition) is 4. The van der Waals surface area contributed by atoms with E-state index in [-0.39, 0.29) is 11.8 Å². The predicted molar refractivity (Wildman–Crippen MR) is 133 cm³/mol. The summed E-state index contributed by atoms with van der Waals surface area (Å²) in [5.41, 5.74) is -0.493. The van der Waals surface area contributed by atoms with Crippen LogP contribution in [0.2, 0.25) is 10.2 Å². The third-order valence-electron chi connectivity index (χ3n) is 5.68. The van der Waals surface area contributed by atoms with Gasteiger partial charge in [0.25, 0.3) is 0 Å². The molecule has 1 amide bonds. The molecule has 0 aliphatic heterocycles. The lowest BCUT2D eigenvalue weighted by Gasteiger charge is -2.49. The van der Waals surface area contributed by atoms with Gasteiger partial charge in [-0.3, -0.25) is 4.90 Å². The summed E-state index contributed by atoms with van der Waals surface area (Å²) < 4.78 is 6.05. The number of nitrogens with zero attached hydrogens (tertiary/aromatic N) is 2. The summed E-state index contributed by atoms with van der Waals surface area (Å²) in [4.78, 5) is 17.9. The molecule has 0 bridgehead atoms. The number of aliphatic hydroxyl groups excluding tert-OH is 1. The number of halogens is 2. The Labute approximate surface area is 209 Å². The Hall–Kier alpha value is -2.80. The largest absolute Gasteiger partial charge is 0.488 e. The molecule has 34 heavy (non-hydrogen) atoms. The lowest BCUT2D eigenvalue weighted by Crippen LogP contribution is -2.58. The Kier molecular flexibility index (Phi) is 7.76.